The average molecular weight is 227 g/mol. The van der Waals surface area contributed by atoms with Gasteiger partial charge in [0.05, 0.1) is 5.52 Å². The number of nitrogens with two attached hydrogens (primary N) is 1. The molecule has 0 spiro atoms. The molecule has 1 aliphatic heterocycles. The number of fused-ring (bicyclic) bond motifs is 1. The zero-order valence-electron chi connectivity index (χ0n) is 9.89. The summed E-state index contributed by atoms with van der Waals surface area (Å²) in [5.74, 6) is 0.586. The van der Waals surface area contributed by atoms with Crippen LogP contribution in [0, 0.1) is 0 Å². The van der Waals surface area contributed by atoms with Crippen molar-refractivity contribution in [2.45, 2.75) is 19.3 Å². The second kappa shape index (κ2) is 4.24. The standard InChI is InChI=1S/C14H17N3/c15-14-7-4-11-10-12(5-6-13(11)16-14)17-8-2-1-3-9-17/h4-7,10H,1-3,8-9H2,(H2,15,16). The first kappa shape index (κ1) is 10.4. The molecule has 1 aliphatic rings. The Bertz CT molecular complexity index is 530. The quantitative estimate of drug-likeness (QED) is 0.814. The van der Waals surface area contributed by atoms with Gasteiger partial charge < -0.3 is 10.6 Å². The van der Waals surface area contributed by atoms with E-state index in [1.54, 1.807) is 0 Å². The summed E-state index contributed by atoms with van der Waals surface area (Å²) in [4.78, 5) is 6.78. The van der Waals surface area contributed by atoms with Gasteiger partial charge in [0.2, 0.25) is 0 Å². The Morgan fingerprint density at radius 3 is 2.65 bits per heavy atom. The fraction of sp³-hybridized carbons (Fsp3) is 0.357. The van der Waals surface area contributed by atoms with Crippen molar-refractivity contribution in [3.63, 3.8) is 0 Å². The fourth-order valence-corrected chi connectivity index (χ4v) is 2.48. The number of benzene rings is 1. The predicted octanol–water partition coefficient (Wildman–Crippen LogP) is 2.81. The van der Waals surface area contributed by atoms with Crippen LogP contribution in [0.15, 0.2) is 30.3 Å². The lowest BCUT2D eigenvalue weighted by Crippen LogP contribution is -2.29. The van der Waals surface area contributed by atoms with E-state index in [0.29, 0.717) is 5.82 Å². The lowest BCUT2D eigenvalue weighted by atomic mass is 10.1. The van der Waals surface area contributed by atoms with Gasteiger partial charge >= 0.3 is 0 Å². The molecule has 1 aromatic heterocycles. The van der Waals surface area contributed by atoms with E-state index in [1.807, 2.05) is 12.1 Å². The molecule has 3 heteroatoms. The summed E-state index contributed by atoms with van der Waals surface area (Å²) in [6.45, 7) is 2.35. The molecule has 17 heavy (non-hydrogen) atoms. The number of nitrogen functional groups attached to an aromatic ring is 1. The van der Waals surface area contributed by atoms with Crippen molar-refractivity contribution < 1.29 is 0 Å². The van der Waals surface area contributed by atoms with Gasteiger partial charge in [-0.3, -0.25) is 0 Å². The zero-order chi connectivity index (χ0) is 11.7. The van der Waals surface area contributed by atoms with E-state index in [9.17, 15) is 0 Å². The molecule has 2 aromatic rings. The molecule has 1 fully saturated rings. The van der Waals surface area contributed by atoms with E-state index >= 15 is 0 Å². The van der Waals surface area contributed by atoms with Gasteiger partial charge in [0.1, 0.15) is 5.82 Å². The number of hydrogen-bond donors (Lipinski definition) is 1. The van der Waals surface area contributed by atoms with Crippen LogP contribution in [0.25, 0.3) is 10.9 Å². The van der Waals surface area contributed by atoms with Crippen molar-refractivity contribution in [3.8, 4) is 0 Å². The number of piperidine rings is 1. The zero-order valence-corrected chi connectivity index (χ0v) is 9.89. The van der Waals surface area contributed by atoms with E-state index in [-0.39, 0.29) is 0 Å². The van der Waals surface area contributed by atoms with Crippen LogP contribution < -0.4 is 10.6 Å². The van der Waals surface area contributed by atoms with Gasteiger partial charge in [-0.05, 0) is 49.6 Å². The van der Waals surface area contributed by atoms with Crippen molar-refractivity contribution in [1.29, 1.82) is 0 Å². The largest absolute Gasteiger partial charge is 0.384 e. The van der Waals surface area contributed by atoms with Gasteiger partial charge in [-0.2, -0.15) is 0 Å². The summed E-state index contributed by atoms with van der Waals surface area (Å²) in [5, 5.41) is 1.17. The van der Waals surface area contributed by atoms with Crippen LogP contribution in [-0.2, 0) is 0 Å². The molecular weight excluding hydrogens is 210 g/mol. The molecular formula is C14H17N3. The molecule has 0 unspecified atom stereocenters. The molecule has 2 N–H and O–H groups in total. The van der Waals surface area contributed by atoms with Gasteiger partial charge in [0.25, 0.3) is 0 Å². The number of rotatable bonds is 1. The SMILES string of the molecule is Nc1ccc2cc(N3CCCCC3)ccc2n1. The smallest absolute Gasteiger partial charge is 0.124 e. The van der Waals surface area contributed by atoms with Crippen molar-refractivity contribution in [2.75, 3.05) is 23.7 Å². The minimum atomic E-state index is 0.586. The fourth-order valence-electron chi connectivity index (χ4n) is 2.48. The van der Waals surface area contributed by atoms with E-state index < -0.39 is 0 Å². The van der Waals surface area contributed by atoms with Gasteiger partial charge in [0.15, 0.2) is 0 Å². The van der Waals surface area contributed by atoms with E-state index in [2.05, 4.69) is 28.1 Å². The van der Waals surface area contributed by atoms with Crippen LogP contribution in [0.5, 0.6) is 0 Å². The van der Waals surface area contributed by atoms with Crippen molar-refractivity contribution in [3.05, 3.63) is 30.3 Å². The number of hydrogen-bond acceptors (Lipinski definition) is 3. The highest BCUT2D eigenvalue weighted by atomic mass is 15.1. The molecule has 0 radical (unpaired) electrons. The predicted molar refractivity (Wildman–Crippen MR) is 72.2 cm³/mol. The molecule has 0 aliphatic carbocycles. The van der Waals surface area contributed by atoms with Gasteiger partial charge in [-0.25, -0.2) is 4.98 Å². The number of nitrogens with zero attached hydrogens (tertiary/aromatic N) is 2. The van der Waals surface area contributed by atoms with Crippen LogP contribution in [0.4, 0.5) is 11.5 Å². The molecule has 0 atom stereocenters. The monoisotopic (exact) mass is 227 g/mol. The molecule has 0 saturated carbocycles. The molecule has 0 amide bonds. The normalized spacial score (nSPS) is 16.4. The lowest BCUT2D eigenvalue weighted by Gasteiger charge is -2.28. The van der Waals surface area contributed by atoms with Gasteiger partial charge in [0, 0.05) is 24.2 Å². The Balaban J connectivity index is 1.98. The Hall–Kier alpha value is -1.77. The summed E-state index contributed by atoms with van der Waals surface area (Å²) in [6, 6.07) is 10.3. The van der Waals surface area contributed by atoms with Crippen LogP contribution in [0.1, 0.15) is 19.3 Å². The molecule has 88 valence electrons. The van der Waals surface area contributed by atoms with Crippen molar-refractivity contribution in [2.24, 2.45) is 0 Å². The highest BCUT2D eigenvalue weighted by Crippen LogP contribution is 2.24. The minimum Gasteiger partial charge on any atom is -0.384 e. The van der Waals surface area contributed by atoms with Crippen molar-refractivity contribution in [1.82, 2.24) is 4.98 Å². The Morgan fingerprint density at radius 2 is 1.82 bits per heavy atom. The summed E-state index contributed by atoms with van der Waals surface area (Å²) in [6.07, 6.45) is 3.97. The van der Waals surface area contributed by atoms with Crippen LogP contribution >= 0.6 is 0 Å². The highest BCUT2D eigenvalue weighted by Gasteiger charge is 2.11. The molecule has 3 nitrogen and oxygen atoms in total. The summed E-state index contributed by atoms with van der Waals surface area (Å²) in [5.41, 5.74) is 7.97. The van der Waals surface area contributed by atoms with E-state index in [0.717, 1.165) is 5.52 Å². The van der Waals surface area contributed by atoms with E-state index in [4.69, 9.17) is 5.73 Å². The van der Waals surface area contributed by atoms with Gasteiger partial charge in [-0.15, -0.1) is 0 Å². The molecule has 2 heterocycles. The summed E-state index contributed by atoms with van der Waals surface area (Å²) < 4.78 is 0. The topological polar surface area (TPSA) is 42.1 Å². The maximum atomic E-state index is 5.68. The number of aromatic nitrogens is 1. The van der Waals surface area contributed by atoms with E-state index in [1.165, 1.54) is 43.4 Å². The highest BCUT2D eigenvalue weighted by molar-refractivity contribution is 5.83. The molecule has 1 aromatic carbocycles. The Labute approximate surface area is 101 Å². The second-order valence-corrected chi connectivity index (χ2v) is 4.66. The molecule has 1 saturated heterocycles. The van der Waals surface area contributed by atoms with Crippen LogP contribution in [0.2, 0.25) is 0 Å². The maximum absolute atomic E-state index is 5.68. The van der Waals surface area contributed by atoms with Crippen LogP contribution in [-0.4, -0.2) is 18.1 Å². The van der Waals surface area contributed by atoms with Gasteiger partial charge in [-0.1, -0.05) is 0 Å². The average Bonchev–Trinajstić information content (AvgIpc) is 2.39. The Kier molecular flexibility index (Phi) is 2.59. The number of anilines is 2. The minimum absolute atomic E-state index is 0.586. The Morgan fingerprint density at radius 1 is 1.00 bits per heavy atom. The summed E-state index contributed by atoms with van der Waals surface area (Å²) >= 11 is 0. The molecule has 0 bridgehead atoms. The van der Waals surface area contributed by atoms with Crippen molar-refractivity contribution >= 4 is 22.4 Å². The third-order valence-corrected chi connectivity index (χ3v) is 3.42. The summed E-state index contributed by atoms with van der Waals surface area (Å²) in [7, 11) is 0. The first-order valence-electron chi connectivity index (χ1n) is 6.24. The first-order valence-corrected chi connectivity index (χ1v) is 6.24. The third kappa shape index (κ3) is 2.05. The van der Waals surface area contributed by atoms with Crippen LogP contribution in [0.3, 0.4) is 0 Å². The maximum Gasteiger partial charge on any atom is 0.124 e. The lowest BCUT2D eigenvalue weighted by molar-refractivity contribution is 0.578. The molecule has 3 rings (SSSR count). The first-order chi connectivity index (χ1) is 8.33. The third-order valence-electron chi connectivity index (χ3n) is 3.42. The second-order valence-electron chi connectivity index (χ2n) is 4.66. The number of pyridine rings is 1.